The molecule has 6 rings (SSSR count). The fourth-order valence-corrected chi connectivity index (χ4v) is 7.10. The Morgan fingerprint density at radius 2 is 1.30 bits per heavy atom. The zero-order chi connectivity index (χ0) is 33.9. The largest absolute Gasteiger partial charge is 0.385 e. The van der Waals surface area contributed by atoms with Crippen LogP contribution in [0, 0.1) is 0 Å². The molecule has 2 aliphatic heterocycles. The van der Waals surface area contributed by atoms with Gasteiger partial charge in [-0.3, -0.25) is 19.9 Å². The lowest BCUT2D eigenvalue weighted by atomic mass is 10.2. The van der Waals surface area contributed by atoms with Gasteiger partial charge in [-0.15, -0.1) is 10.2 Å². The maximum atomic E-state index is 12.4. The number of aromatic nitrogens is 6. The van der Waals surface area contributed by atoms with E-state index in [1.54, 1.807) is 49.1 Å². The van der Waals surface area contributed by atoms with Gasteiger partial charge in [0, 0.05) is 84.9 Å². The molecule has 2 aliphatic rings. The van der Waals surface area contributed by atoms with Crippen LogP contribution in [0.15, 0.2) is 66.0 Å². The molecule has 6 heterocycles. The number of pyridine rings is 2. The Bertz CT molecular complexity index is 1880. The minimum Gasteiger partial charge on any atom is -0.368 e. The second kappa shape index (κ2) is 17.2. The highest BCUT2D eigenvalue weighted by molar-refractivity contribution is 8.11. The maximum Gasteiger partial charge on any atom is 0.385 e. The van der Waals surface area contributed by atoms with Crippen LogP contribution in [0.1, 0.15) is 38.5 Å². The third-order valence-electron chi connectivity index (χ3n) is 6.81. The number of aromatic amines is 1. The van der Waals surface area contributed by atoms with Crippen LogP contribution in [-0.2, 0) is 19.5 Å². The summed E-state index contributed by atoms with van der Waals surface area (Å²) >= 11 is 11.4. The summed E-state index contributed by atoms with van der Waals surface area (Å²) < 4.78 is 54.2. The Morgan fingerprint density at radius 1 is 0.745 bits per heavy atom. The predicted molar refractivity (Wildman–Crippen MR) is 179 cm³/mol. The van der Waals surface area contributed by atoms with Crippen molar-refractivity contribution in [2.75, 3.05) is 26.2 Å². The Morgan fingerprint density at radius 3 is 1.79 bits per heavy atom. The Hall–Kier alpha value is -3.25. The molecule has 47 heavy (non-hydrogen) atoms. The zero-order valence-electron chi connectivity index (χ0n) is 24.9. The standard InChI is InChI=1S/C14H15ClN4O3S.C9H6ClN3O.C5H10ClNO2S/c15-13-9-12(14(18-17-13)11-5-4-6-16-10-11)22-23(20,21)19-7-2-1-3-8-19;10-8-4-7(14)9(13-12-8)6-2-1-3-11-5-6;6-10(8,9)7-4-2-1-3-5-7/h4-6,9-10H,1-3,7-8H2;1-5H,(H,12,14);1-5H2. The predicted octanol–water partition coefficient (Wildman–Crippen LogP) is 4.74. The number of halogens is 3. The van der Waals surface area contributed by atoms with E-state index in [0.29, 0.717) is 43.0 Å². The molecular weight excluding hydrogens is 715 g/mol. The lowest BCUT2D eigenvalue weighted by Gasteiger charge is -2.25. The fraction of sp³-hybridized carbons (Fsp3) is 0.357. The number of nitrogens with zero attached hydrogens (tertiary/aromatic N) is 7. The van der Waals surface area contributed by atoms with Gasteiger partial charge in [-0.05, 0) is 49.9 Å². The van der Waals surface area contributed by atoms with E-state index in [1.165, 1.54) is 20.7 Å². The number of piperidine rings is 2. The first-order valence-corrected chi connectivity index (χ1v) is 18.8. The molecular formula is C28H31Cl3N8O6S2. The summed E-state index contributed by atoms with van der Waals surface area (Å²) in [4.78, 5) is 19.3. The van der Waals surface area contributed by atoms with Gasteiger partial charge in [-0.2, -0.15) is 30.5 Å². The molecule has 0 atom stereocenters. The highest BCUT2D eigenvalue weighted by atomic mass is 35.7. The Balaban J connectivity index is 0.000000177. The molecule has 1 N–H and O–H groups in total. The zero-order valence-corrected chi connectivity index (χ0v) is 28.8. The van der Waals surface area contributed by atoms with Gasteiger partial charge in [-0.25, -0.2) is 0 Å². The highest BCUT2D eigenvalue weighted by Gasteiger charge is 2.28. The number of hydrogen-bond acceptors (Lipinski definition) is 11. The second-order valence-corrected chi connectivity index (χ2v) is 15.0. The molecule has 0 spiro atoms. The van der Waals surface area contributed by atoms with Crippen LogP contribution in [0.2, 0.25) is 10.3 Å². The molecule has 14 nitrogen and oxygen atoms in total. The summed E-state index contributed by atoms with van der Waals surface area (Å²) in [5, 5.41) is 14.4. The smallest absolute Gasteiger partial charge is 0.368 e. The van der Waals surface area contributed by atoms with Crippen molar-refractivity contribution in [3.8, 4) is 28.3 Å². The first-order chi connectivity index (χ1) is 22.4. The Kier molecular flexibility index (Phi) is 13.4. The molecule has 4 aromatic rings. The number of rotatable bonds is 6. The van der Waals surface area contributed by atoms with Gasteiger partial charge in [0.05, 0.1) is 0 Å². The van der Waals surface area contributed by atoms with E-state index in [0.717, 1.165) is 38.5 Å². The molecule has 2 fully saturated rings. The number of hydrogen-bond donors (Lipinski definition) is 1. The van der Waals surface area contributed by atoms with Crippen molar-refractivity contribution in [2.24, 2.45) is 0 Å². The number of H-pyrrole nitrogens is 1. The van der Waals surface area contributed by atoms with E-state index in [1.807, 2.05) is 0 Å². The second-order valence-electron chi connectivity index (χ2n) is 10.2. The maximum absolute atomic E-state index is 12.4. The minimum absolute atomic E-state index is 0.0450. The quantitative estimate of drug-likeness (QED) is 0.269. The molecule has 252 valence electrons. The molecule has 0 aromatic carbocycles. The SMILES string of the molecule is O=S(=O)(Cl)N1CCCCC1.O=S(=O)(Oc1cc(Cl)nnc1-c1cccnc1)N1CCCCC1.O=c1cc(Cl)[nH]nc1-c1cccnc1. The van der Waals surface area contributed by atoms with Crippen molar-refractivity contribution in [3.63, 3.8) is 0 Å². The van der Waals surface area contributed by atoms with E-state index in [-0.39, 0.29) is 27.2 Å². The molecule has 0 amide bonds. The molecule has 4 aromatic heterocycles. The van der Waals surface area contributed by atoms with Gasteiger partial charge in [-0.1, -0.05) is 36.0 Å². The lowest BCUT2D eigenvalue weighted by molar-refractivity contribution is 0.312. The summed E-state index contributed by atoms with van der Waals surface area (Å²) in [5.74, 6) is 0.0450. The first-order valence-electron chi connectivity index (χ1n) is 14.4. The van der Waals surface area contributed by atoms with E-state index in [9.17, 15) is 21.6 Å². The van der Waals surface area contributed by atoms with Gasteiger partial charge in [0.25, 0.3) is 9.24 Å². The molecule has 0 unspecified atom stereocenters. The normalized spacial score (nSPS) is 15.8. The van der Waals surface area contributed by atoms with Crippen LogP contribution in [-0.4, -0.2) is 82.0 Å². The van der Waals surface area contributed by atoms with Gasteiger partial charge in [0.2, 0.25) is 5.43 Å². The van der Waals surface area contributed by atoms with Crippen LogP contribution in [0.5, 0.6) is 5.75 Å². The lowest BCUT2D eigenvalue weighted by Crippen LogP contribution is -2.38. The Labute approximate surface area is 286 Å². The van der Waals surface area contributed by atoms with Crippen molar-refractivity contribution in [1.29, 1.82) is 0 Å². The van der Waals surface area contributed by atoms with Gasteiger partial charge < -0.3 is 4.18 Å². The first kappa shape index (κ1) is 36.6. The molecule has 0 radical (unpaired) electrons. The average molecular weight is 746 g/mol. The minimum atomic E-state index is -3.90. The van der Waals surface area contributed by atoms with Gasteiger partial charge in [0.15, 0.2) is 10.9 Å². The van der Waals surface area contributed by atoms with Crippen molar-refractivity contribution in [2.45, 2.75) is 38.5 Å². The van der Waals surface area contributed by atoms with Crippen LogP contribution in [0.25, 0.3) is 22.5 Å². The van der Waals surface area contributed by atoms with Crippen LogP contribution < -0.4 is 9.61 Å². The third-order valence-corrected chi connectivity index (χ3v) is 10.1. The van der Waals surface area contributed by atoms with E-state index >= 15 is 0 Å². The molecule has 0 aliphatic carbocycles. The van der Waals surface area contributed by atoms with E-state index in [2.05, 4.69) is 30.4 Å². The molecule has 2 saturated heterocycles. The van der Waals surface area contributed by atoms with Crippen molar-refractivity contribution >= 4 is 53.4 Å². The van der Waals surface area contributed by atoms with Crippen LogP contribution >= 0.6 is 33.9 Å². The van der Waals surface area contributed by atoms with Crippen molar-refractivity contribution in [1.82, 2.24) is 39.0 Å². The number of nitrogens with one attached hydrogen (secondary N) is 1. The summed E-state index contributed by atoms with van der Waals surface area (Å²) in [6, 6.07) is 9.60. The van der Waals surface area contributed by atoms with E-state index in [4.69, 9.17) is 38.1 Å². The summed E-state index contributed by atoms with van der Waals surface area (Å²) in [6.07, 6.45) is 12.0. The average Bonchev–Trinajstić information content (AvgIpc) is 3.07. The highest BCUT2D eigenvalue weighted by Crippen LogP contribution is 2.30. The molecule has 0 saturated carbocycles. The topological polar surface area (TPSA) is 181 Å². The summed E-state index contributed by atoms with van der Waals surface area (Å²) in [6.45, 7) is 2.09. The van der Waals surface area contributed by atoms with E-state index < -0.39 is 19.5 Å². The van der Waals surface area contributed by atoms with Crippen LogP contribution in [0.3, 0.4) is 0 Å². The third kappa shape index (κ3) is 11.2. The van der Waals surface area contributed by atoms with Gasteiger partial charge >= 0.3 is 10.3 Å². The van der Waals surface area contributed by atoms with Crippen molar-refractivity contribution in [3.05, 3.63) is 81.7 Å². The summed E-state index contributed by atoms with van der Waals surface area (Å²) in [5.41, 5.74) is 1.65. The van der Waals surface area contributed by atoms with Gasteiger partial charge in [0.1, 0.15) is 16.5 Å². The monoisotopic (exact) mass is 744 g/mol. The van der Waals surface area contributed by atoms with Crippen molar-refractivity contribution < 1.29 is 21.0 Å². The molecule has 19 heteroatoms. The summed E-state index contributed by atoms with van der Waals surface area (Å²) in [7, 11) is -2.21. The van der Waals surface area contributed by atoms with Crippen LogP contribution in [0.4, 0.5) is 0 Å². The fourth-order valence-electron chi connectivity index (χ4n) is 4.55. The molecule has 0 bridgehead atoms.